The average molecular weight is 342 g/mol. The van der Waals surface area contributed by atoms with E-state index in [-0.39, 0.29) is 13.0 Å². The van der Waals surface area contributed by atoms with Crippen molar-refractivity contribution in [3.05, 3.63) is 0 Å². The molecular weight excluding hydrogens is 313 g/mol. The maximum atomic E-state index is 11.7. The van der Waals surface area contributed by atoms with Crippen LogP contribution in [0.25, 0.3) is 0 Å². The van der Waals surface area contributed by atoms with E-state index < -0.39 is 33.1 Å². The molecule has 2 unspecified atom stereocenters. The Morgan fingerprint density at radius 2 is 1.91 bits per heavy atom. The Hall–Kier alpha value is -0.500. The smallest absolute Gasteiger partial charge is 0.457 e. The summed E-state index contributed by atoms with van der Waals surface area (Å²) >= 11 is 0. The number of esters is 1. The van der Waals surface area contributed by atoms with Crippen molar-refractivity contribution in [3.8, 4) is 0 Å². The van der Waals surface area contributed by atoms with Gasteiger partial charge in [0, 0.05) is 6.42 Å². The molecule has 2 N–H and O–H groups in total. The van der Waals surface area contributed by atoms with E-state index in [0.29, 0.717) is 17.4 Å². The number of likely N-dealkylation sites (N-methyl/N-ethyl adjacent to an activating group) is 1. The number of quaternary nitrogens is 1. The van der Waals surface area contributed by atoms with E-state index in [9.17, 15) is 14.3 Å². The molecule has 8 nitrogen and oxygen atoms in total. The predicted molar refractivity (Wildman–Crippen MR) is 81.1 cm³/mol. The van der Waals surface area contributed by atoms with Crippen LogP contribution in [0.4, 0.5) is 0 Å². The zero-order valence-electron chi connectivity index (χ0n) is 13.9. The highest BCUT2D eigenvalue weighted by molar-refractivity contribution is 7.47. The van der Waals surface area contributed by atoms with Crippen LogP contribution in [0.5, 0.6) is 0 Å². The first-order chi connectivity index (χ1) is 10.1. The summed E-state index contributed by atoms with van der Waals surface area (Å²) in [7, 11) is 1.54. The lowest BCUT2D eigenvalue weighted by atomic mass is 10.2. The minimum Gasteiger partial charge on any atom is -0.457 e. The van der Waals surface area contributed by atoms with E-state index in [2.05, 4.69) is 0 Å². The summed E-state index contributed by atoms with van der Waals surface area (Å²) in [5, 5.41) is 9.11. The molecule has 0 aliphatic rings. The zero-order valence-corrected chi connectivity index (χ0v) is 14.8. The number of ether oxygens (including phenoxy) is 1. The van der Waals surface area contributed by atoms with Crippen LogP contribution in [0.2, 0.25) is 0 Å². The van der Waals surface area contributed by atoms with Gasteiger partial charge in [0.2, 0.25) is 0 Å². The summed E-state index contributed by atoms with van der Waals surface area (Å²) in [4.78, 5) is 20.9. The summed E-state index contributed by atoms with van der Waals surface area (Å²) in [6.07, 6.45) is 0.794. The van der Waals surface area contributed by atoms with Crippen LogP contribution in [-0.2, 0) is 23.1 Å². The first-order valence-corrected chi connectivity index (χ1v) is 8.82. The molecule has 0 spiro atoms. The maximum absolute atomic E-state index is 11.7. The van der Waals surface area contributed by atoms with Crippen molar-refractivity contribution >= 4 is 13.8 Å². The number of carbonyl (C=O) groups excluding carboxylic acids is 1. The van der Waals surface area contributed by atoms with Crippen LogP contribution >= 0.6 is 7.82 Å². The van der Waals surface area contributed by atoms with Crippen LogP contribution in [-0.4, -0.2) is 74.1 Å². The Bertz CT molecular complexity index is 370. The molecule has 0 aliphatic heterocycles. The van der Waals surface area contributed by atoms with Crippen LogP contribution in [0, 0.1) is 0 Å². The van der Waals surface area contributed by atoms with Crippen molar-refractivity contribution in [2.45, 2.75) is 32.3 Å². The summed E-state index contributed by atoms with van der Waals surface area (Å²) in [5.41, 5.74) is 0. The molecule has 0 radical (unpaired) electrons. The highest BCUT2D eigenvalue weighted by atomic mass is 31.2. The van der Waals surface area contributed by atoms with Gasteiger partial charge in [0.1, 0.15) is 19.3 Å². The molecule has 0 saturated heterocycles. The number of nitrogens with zero attached hydrogens (tertiary/aromatic N) is 1. The number of rotatable bonds is 12. The molecule has 0 amide bonds. The van der Waals surface area contributed by atoms with Crippen LogP contribution in [0.15, 0.2) is 0 Å². The number of phosphoric ester groups is 1. The van der Waals surface area contributed by atoms with Crippen molar-refractivity contribution in [3.63, 3.8) is 0 Å². The monoisotopic (exact) mass is 342 g/mol. The van der Waals surface area contributed by atoms with Crippen molar-refractivity contribution in [1.82, 2.24) is 0 Å². The number of hydrogen-bond acceptors (Lipinski definition) is 6. The molecule has 132 valence electrons. The van der Waals surface area contributed by atoms with Gasteiger partial charge in [-0.3, -0.25) is 13.8 Å². The number of aliphatic hydroxyl groups is 1. The van der Waals surface area contributed by atoms with Crippen molar-refractivity contribution in [2.75, 3.05) is 47.5 Å². The fourth-order valence-electron chi connectivity index (χ4n) is 1.33. The second-order valence-electron chi connectivity index (χ2n) is 6.01. The zero-order chi connectivity index (χ0) is 17.2. The van der Waals surface area contributed by atoms with Crippen LogP contribution < -0.4 is 0 Å². The third-order valence-electron chi connectivity index (χ3n) is 2.68. The molecule has 0 bridgehead atoms. The lowest BCUT2D eigenvalue weighted by molar-refractivity contribution is -0.870. The Kier molecular flexibility index (Phi) is 10.1. The van der Waals surface area contributed by atoms with Crippen molar-refractivity contribution in [2.24, 2.45) is 0 Å². The normalized spacial score (nSPS) is 16.1. The van der Waals surface area contributed by atoms with Gasteiger partial charge in [-0.05, 0) is 6.42 Å². The topological polar surface area (TPSA) is 102 Å². The molecule has 22 heavy (non-hydrogen) atoms. The van der Waals surface area contributed by atoms with Crippen molar-refractivity contribution < 1.29 is 37.6 Å². The third-order valence-corrected chi connectivity index (χ3v) is 3.66. The third kappa shape index (κ3) is 12.1. The fourth-order valence-corrected chi connectivity index (χ4v) is 2.08. The first-order valence-electron chi connectivity index (χ1n) is 7.32. The highest BCUT2D eigenvalue weighted by Gasteiger charge is 2.25. The Balaban J connectivity index is 4.13. The van der Waals surface area contributed by atoms with Gasteiger partial charge in [-0.2, -0.15) is 0 Å². The number of carbonyl (C=O) groups is 1. The molecule has 0 aromatic heterocycles. The summed E-state index contributed by atoms with van der Waals surface area (Å²) in [6.45, 7) is 1.64. The van der Waals surface area contributed by atoms with Crippen LogP contribution in [0.1, 0.15) is 26.2 Å². The number of hydrogen-bond donors (Lipinski definition) is 2. The summed E-state index contributed by atoms with van der Waals surface area (Å²) in [5.74, 6) is -0.469. The van der Waals surface area contributed by atoms with E-state index in [1.807, 2.05) is 28.1 Å². The average Bonchev–Trinajstić information content (AvgIpc) is 2.39. The molecule has 9 heteroatoms. The molecule has 0 heterocycles. The van der Waals surface area contributed by atoms with Gasteiger partial charge in [-0.1, -0.05) is 13.3 Å². The minimum atomic E-state index is -4.22. The predicted octanol–water partition coefficient (Wildman–Crippen LogP) is 0.920. The van der Waals surface area contributed by atoms with Crippen molar-refractivity contribution in [1.29, 1.82) is 0 Å². The Morgan fingerprint density at radius 3 is 2.41 bits per heavy atom. The van der Waals surface area contributed by atoms with Gasteiger partial charge in [0.05, 0.1) is 34.4 Å². The molecular formula is C13H29NO7P+. The second kappa shape index (κ2) is 10.3. The van der Waals surface area contributed by atoms with E-state index >= 15 is 0 Å². The van der Waals surface area contributed by atoms with Crippen LogP contribution in [0.3, 0.4) is 0 Å². The SMILES string of the molecule is CCCCC(=O)OC(CO)COP(=O)(O)OCC[N+](C)(C)C. The van der Waals surface area contributed by atoms with Gasteiger partial charge >= 0.3 is 13.8 Å². The maximum Gasteiger partial charge on any atom is 0.472 e. The molecule has 0 fully saturated rings. The van der Waals surface area contributed by atoms with E-state index in [1.54, 1.807) is 0 Å². The van der Waals surface area contributed by atoms with Gasteiger partial charge < -0.3 is 19.2 Å². The van der Waals surface area contributed by atoms with Gasteiger partial charge in [0.25, 0.3) is 0 Å². The first kappa shape index (κ1) is 21.5. The van der Waals surface area contributed by atoms with Gasteiger partial charge in [-0.15, -0.1) is 0 Å². The standard InChI is InChI=1S/C13H28NO7P/c1-5-6-7-13(16)21-12(10-15)11-20-22(17,18)19-9-8-14(2,3)4/h12,15H,5-11H2,1-4H3/p+1. The number of aliphatic hydroxyl groups excluding tert-OH is 1. The molecule has 0 aromatic carbocycles. The fraction of sp³-hybridized carbons (Fsp3) is 0.923. The minimum absolute atomic E-state index is 0.0529. The Morgan fingerprint density at radius 1 is 1.27 bits per heavy atom. The molecule has 0 aromatic rings. The highest BCUT2D eigenvalue weighted by Crippen LogP contribution is 2.43. The summed E-state index contributed by atoms with van der Waals surface area (Å²) < 4.78 is 26.8. The van der Waals surface area contributed by atoms with E-state index in [0.717, 1.165) is 6.42 Å². The largest absolute Gasteiger partial charge is 0.472 e. The summed E-state index contributed by atoms with van der Waals surface area (Å²) in [6, 6.07) is 0. The molecule has 2 atom stereocenters. The quantitative estimate of drug-likeness (QED) is 0.309. The lowest BCUT2D eigenvalue weighted by Gasteiger charge is -2.24. The van der Waals surface area contributed by atoms with Gasteiger partial charge in [-0.25, -0.2) is 4.57 Å². The number of unbranched alkanes of at least 4 members (excludes halogenated alkanes) is 1. The van der Waals surface area contributed by atoms with E-state index in [4.69, 9.17) is 18.9 Å². The number of phosphoric acid groups is 1. The molecule has 0 rings (SSSR count). The van der Waals surface area contributed by atoms with E-state index in [1.165, 1.54) is 0 Å². The lowest BCUT2D eigenvalue weighted by Crippen LogP contribution is -2.37. The molecule has 0 saturated carbocycles. The Labute approximate surface area is 132 Å². The van der Waals surface area contributed by atoms with Gasteiger partial charge in [0.15, 0.2) is 0 Å². The second-order valence-corrected chi connectivity index (χ2v) is 7.46. The molecule has 0 aliphatic carbocycles.